The van der Waals surface area contributed by atoms with Crippen LogP contribution in [0.15, 0.2) is 34.7 Å². The number of carbonyl (C=O) groups excluding carboxylic acids is 1. The zero-order chi connectivity index (χ0) is 18.7. The number of aryl methyl sites for hydroxylation is 2. The summed E-state index contributed by atoms with van der Waals surface area (Å²) >= 11 is 2.81. The van der Waals surface area contributed by atoms with Crippen LogP contribution in [0.1, 0.15) is 18.3 Å². The normalized spacial score (nSPS) is 12.0. The number of nitrogens with one attached hydrogen (secondary N) is 2. The molecule has 2 N–H and O–H groups in total. The van der Waals surface area contributed by atoms with E-state index in [4.69, 9.17) is 0 Å². The van der Waals surface area contributed by atoms with Crippen molar-refractivity contribution in [2.45, 2.75) is 30.4 Å². The van der Waals surface area contributed by atoms with E-state index in [1.807, 2.05) is 58.2 Å². The summed E-state index contributed by atoms with van der Waals surface area (Å²) in [6.45, 7) is 5.67. The van der Waals surface area contributed by atoms with Crippen LogP contribution in [0.3, 0.4) is 0 Å². The predicted octanol–water partition coefficient (Wildman–Crippen LogP) is 3.75. The Balaban J connectivity index is 1.61. The Hall–Kier alpha value is -2.39. The lowest BCUT2D eigenvalue weighted by Gasteiger charge is -2.10. The van der Waals surface area contributed by atoms with Crippen LogP contribution in [0.25, 0.3) is 0 Å². The van der Waals surface area contributed by atoms with E-state index in [2.05, 4.69) is 25.9 Å². The highest BCUT2D eigenvalue weighted by Gasteiger charge is 2.20. The van der Waals surface area contributed by atoms with E-state index in [9.17, 15) is 4.79 Å². The number of para-hydroxylation sites is 1. The van der Waals surface area contributed by atoms with Gasteiger partial charge < -0.3 is 10.6 Å². The van der Waals surface area contributed by atoms with Crippen LogP contribution in [0.5, 0.6) is 0 Å². The van der Waals surface area contributed by atoms with Crippen LogP contribution in [-0.4, -0.2) is 31.1 Å². The number of aromatic nitrogens is 4. The van der Waals surface area contributed by atoms with Crippen LogP contribution >= 0.6 is 23.1 Å². The second-order valence-corrected chi connectivity index (χ2v) is 8.35. The van der Waals surface area contributed by atoms with Crippen molar-refractivity contribution >= 4 is 45.5 Å². The van der Waals surface area contributed by atoms with Gasteiger partial charge in [0.15, 0.2) is 4.34 Å². The van der Waals surface area contributed by atoms with Crippen LogP contribution in [0.2, 0.25) is 0 Å². The van der Waals surface area contributed by atoms with Gasteiger partial charge in [-0.3, -0.25) is 9.48 Å². The Kier molecular flexibility index (Phi) is 5.58. The van der Waals surface area contributed by atoms with Crippen molar-refractivity contribution in [1.29, 1.82) is 0 Å². The number of carbonyl (C=O) groups is 1. The van der Waals surface area contributed by atoms with E-state index in [1.54, 1.807) is 4.68 Å². The topological polar surface area (TPSA) is 84.7 Å². The van der Waals surface area contributed by atoms with Crippen molar-refractivity contribution in [2.24, 2.45) is 7.05 Å². The van der Waals surface area contributed by atoms with Crippen molar-refractivity contribution in [3.8, 4) is 0 Å². The monoisotopic (exact) mass is 388 g/mol. The van der Waals surface area contributed by atoms with E-state index in [-0.39, 0.29) is 11.2 Å². The molecule has 0 unspecified atom stereocenters. The minimum atomic E-state index is -0.300. The lowest BCUT2D eigenvalue weighted by Crippen LogP contribution is -2.23. The molecule has 1 amide bonds. The number of hydrogen-bond acceptors (Lipinski definition) is 7. The summed E-state index contributed by atoms with van der Waals surface area (Å²) in [4.78, 5) is 12.5. The summed E-state index contributed by atoms with van der Waals surface area (Å²) in [7, 11) is 1.86. The SMILES string of the molecule is Cc1nn(C)c(C)c1NC(=O)[C@@H](C)Sc1nnc(Nc2ccccc2)s1. The summed E-state index contributed by atoms with van der Waals surface area (Å²) in [5.41, 5.74) is 3.46. The average Bonchev–Trinajstić information content (AvgIpc) is 3.15. The molecule has 1 atom stereocenters. The van der Waals surface area contributed by atoms with Crippen LogP contribution < -0.4 is 10.6 Å². The molecule has 1 aromatic carbocycles. The van der Waals surface area contributed by atoms with Crippen molar-refractivity contribution in [2.75, 3.05) is 10.6 Å². The standard InChI is InChI=1S/C17H20N6OS2/c1-10-14(11(2)23(4)22-10)19-15(24)12(3)25-17-21-20-16(26-17)18-13-8-6-5-7-9-13/h5-9,12H,1-4H3,(H,18,20)(H,19,24)/t12-/m1/s1. The zero-order valence-electron chi connectivity index (χ0n) is 15.0. The number of amides is 1. The van der Waals surface area contributed by atoms with Gasteiger partial charge in [-0.15, -0.1) is 10.2 Å². The van der Waals surface area contributed by atoms with Gasteiger partial charge in [0.1, 0.15) is 0 Å². The van der Waals surface area contributed by atoms with Gasteiger partial charge in [-0.2, -0.15) is 5.10 Å². The highest BCUT2D eigenvalue weighted by atomic mass is 32.2. The Morgan fingerprint density at radius 2 is 1.96 bits per heavy atom. The maximum absolute atomic E-state index is 12.5. The van der Waals surface area contributed by atoms with Gasteiger partial charge in [0, 0.05) is 12.7 Å². The van der Waals surface area contributed by atoms with E-state index in [0.29, 0.717) is 5.13 Å². The fraction of sp³-hybridized carbons (Fsp3) is 0.294. The van der Waals surface area contributed by atoms with Gasteiger partial charge in [-0.05, 0) is 32.9 Å². The van der Waals surface area contributed by atoms with Crippen molar-refractivity contribution in [3.63, 3.8) is 0 Å². The third-order valence-electron chi connectivity index (χ3n) is 3.84. The van der Waals surface area contributed by atoms with Crippen molar-refractivity contribution < 1.29 is 4.79 Å². The Morgan fingerprint density at radius 1 is 1.23 bits per heavy atom. The quantitative estimate of drug-likeness (QED) is 0.626. The molecule has 0 saturated carbocycles. The Morgan fingerprint density at radius 3 is 2.62 bits per heavy atom. The second-order valence-electron chi connectivity index (χ2n) is 5.78. The molecule has 2 aromatic heterocycles. The first-order valence-electron chi connectivity index (χ1n) is 8.07. The summed E-state index contributed by atoms with van der Waals surface area (Å²) in [5, 5.41) is 19.2. The first-order valence-corrected chi connectivity index (χ1v) is 9.77. The first kappa shape index (κ1) is 18.4. The molecular weight excluding hydrogens is 368 g/mol. The fourth-order valence-corrected chi connectivity index (χ4v) is 4.25. The lowest BCUT2D eigenvalue weighted by molar-refractivity contribution is -0.115. The van der Waals surface area contributed by atoms with Gasteiger partial charge >= 0.3 is 0 Å². The van der Waals surface area contributed by atoms with Crippen LogP contribution in [0, 0.1) is 13.8 Å². The third kappa shape index (κ3) is 4.23. The average molecular weight is 389 g/mol. The molecule has 0 spiro atoms. The molecule has 136 valence electrons. The van der Waals surface area contributed by atoms with Crippen molar-refractivity contribution in [1.82, 2.24) is 20.0 Å². The number of thioether (sulfide) groups is 1. The Bertz CT molecular complexity index is 905. The first-order chi connectivity index (χ1) is 12.4. The van der Waals surface area contributed by atoms with Crippen LogP contribution in [0.4, 0.5) is 16.5 Å². The summed E-state index contributed by atoms with van der Waals surface area (Å²) in [5.74, 6) is -0.0815. The lowest BCUT2D eigenvalue weighted by atomic mass is 10.3. The molecule has 26 heavy (non-hydrogen) atoms. The summed E-state index contributed by atoms with van der Waals surface area (Å²) in [6, 6.07) is 9.78. The van der Waals surface area contributed by atoms with E-state index in [0.717, 1.165) is 27.1 Å². The number of nitrogens with zero attached hydrogens (tertiary/aromatic N) is 4. The number of hydrogen-bond donors (Lipinski definition) is 2. The molecule has 0 aliphatic heterocycles. The minimum absolute atomic E-state index is 0.0815. The molecular formula is C17H20N6OS2. The van der Waals surface area contributed by atoms with Gasteiger partial charge in [0.2, 0.25) is 11.0 Å². The minimum Gasteiger partial charge on any atom is -0.330 e. The van der Waals surface area contributed by atoms with Crippen LogP contribution in [-0.2, 0) is 11.8 Å². The molecule has 0 radical (unpaired) electrons. The molecule has 0 fully saturated rings. The molecule has 7 nitrogen and oxygen atoms in total. The third-order valence-corrected chi connectivity index (χ3v) is 5.86. The smallest absolute Gasteiger partial charge is 0.237 e. The molecule has 0 saturated heterocycles. The summed E-state index contributed by atoms with van der Waals surface area (Å²) < 4.78 is 2.50. The van der Waals surface area contributed by atoms with E-state index in [1.165, 1.54) is 23.1 Å². The highest BCUT2D eigenvalue weighted by molar-refractivity contribution is 8.02. The highest BCUT2D eigenvalue weighted by Crippen LogP contribution is 2.31. The molecule has 2 heterocycles. The number of rotatable bonds is 6. The van der Waals surface area contributed by atoms with Gasteiger partial charge in [0.25, 0.3) is 0 Å². The van der Waals surface area contributed by atoms with Gasteiger partial charge in [-0.25, -0.2) is 0 Å². The zero-order valence-corrected chi connectivity index (χ0v) is 16.6. The van der Waals surface area contributed by atoms with Gasteiger partial charge in [-0.1, -0.05) is 41.3 Å². The molecule has 0 aliphatic rings. The van der Waals surface area contributed by atoms with E-state index < -0.39 is 0 Å². The Labute approximate surface area is 160 Å². The molecule has 3 aromatic rings. The molecule has 9 heteroatoms. The van der Waals surface area contributed by atoms with Crippen molar-refractivity contribution in [3.05, 3.63) is 41.7 Å². The number of benzene rings is 1. The fourth-order valence-electron chi connectivity index (χ4n) is 2.34. The predicted molar refractivity (Wildman–Crippen MR) is 106 cm³/mol. The summed E-state index contributed by atoms with van der Waals surface area (Å²) in [6.07, 6.45) is 0. The molecule has 3 rings (SSSR count). The number of anilines is 3. The molecule has 0 aliphatic carbocycles. The second kappa shape index (κ2) is 7.88. The van der Waals surface area contributed by atoms with E-state index >= 15 is 0 Å². The van der Waals surface area contributed by atoms with Gasteiger partial charge in [0.05, 0.1) is 22.3 Å². The maximum atomic E-state index is 12.5. The molecule has 0 bridgehead atoms. The maximum Gasteiger partial charge on any atom is 0.237 e. The largest absolute Gasteiger partial charge is 0.330 e.